The van der Waals surface area contributed by atoms with Crippen LogP contribution < -0.4 is 14.2 Å². The normalized spacial score (nSPS) is 13.9. The third-order valence-corrected chi connectivity index (χ3v) is 6.10. The number of benzene rings is 1. The van der Waals surface area contributed by atoms with Crippen molar-refractivity contribution in [1.82, 2.24) is 14.9 Å². The minimum atomic E-state index is 0.184. The van der Waals surface area contributed by atoms with E-state index < -0.39 is 0 Å². The molecule has 1 unspecified atom stereocenters. The third kappa shape index (κ3) is 3.70. The number of aryl methyl sites for hydroxylation is 3. The second-order valence-corrected chi connectivity index (χ2v) is 8.61. The SMILES string of the molecule is COc1cc(-c2nc(CN(C)C(C)c3nc(C)sc3C)c(C)o2)cc2c1OCO2. The van der Waals surface area contributed by atoms with Crippen LogP contribution >= 0.6 is 11.3 Å². The molecular formula is C21H25N3O4S. The molecule has 0 spiro atoms. The van der Waals surface area contributed by atoms with E-state index >= 15 is 0 Å². The zero-order chi connectivity index (χ0) is 20.7. The molecule has 0 fully saturated rings. The number of methoxy groups -OCH3 is 1. The van der Waals surface area contributed by atoms with Gasteiger partial charge < -0.3 is 18.6 Å². The highest BCUT2D eigenvalue weighted by Crippen LogP contribution is 2.44. The average molecular weight is 416 g/mol. The quantitative estimate of drug-likeness (QED) is 0.580. The number of fused-ring (bicyclic) bond motifs is 1. The maximum absolute atomic E-state index is 5.97. The molecule has 0 saturated heterocycles. The maximum atomic E-state index is 5.97. The van der Waals surface area contributed by atoms with Crippen molar-refractivity contribution in [3.8, 4) is 28.7 Å². The lowest BCUT2D eigenvalue weighted by atomic mass is 10.1. The lowest BCUT2D eigenvalue weighted by molar-refractivity contribution is 0.171. The van der Waals surface area contributed by atoms with E-state index in [1.807, 2.05) is 26.0 Å². The van der Waals surface area contributed by atoms with Crippen LogP contribution in [-0.4, -0.2) is 35.8 Å². The fourth-order valence-electron chi connectivity index (χ4n) is 3.47. The molecule has 7 nitrogen and oxygen atoms in total. The Bertz CT molecular complexity index is 1040. The molecule has 0 radical (unpaired) electrons. The minimum absolute atomic E-state index is 0.184. The van der Waals surface area contributed by atoms with Crippen LogP contribution in [0.5, 0.6) is 17.2 Å². The van der Waals surface area contributed by atoms with E-state index in [1.54, 1.807) is 18.4 Å². The number of thiazole rings is 1. The van der Waals surface area contributed by atoms with Gasteiger partial charge in [-0.15, -0.1) is 11.3 Å². The number of ether oxygens (including phenoxy) is 3. The van der Waals surface area contributed by atoms with Gasteiger partial charge in [-0.2, -0.15) is 0 Å². The molecule has 3 heterocycles. The molecule has 1 aliphatic rings. The minimum Gasteiger partial charge on any atom is -0.493 e. The Morgan fingerprint density at radius 1 is 1.21 bits per heavy atom. The summed E-state index contributed by atoms with van der Waals surface area (Å²) in [5.74, 6) is 3.18. The van der Waals surface area contributed by atoms with Gasteiger partial charge in [0.05, 0.1) is 29.5 Å². The van der Waals surface area contributed by atoms with Gasteiger partial charge in [-0.05, 0) is 46.9 Å². The van der Waals surface area contributed by atoms with Gasteiger partial charge in [0.15, 0.2) is 11.5 Å². The summed E-state index contributed by atoms with van der Waals surface area (Å²) in [6.45, 7) is 9.11. The van der Waals surface area contributed by atoms with Gasteiger partial charge in [-0.25, -0.2) is 9.97 Å². The summed E-state index contributed by atoms with van der Waals surface area (Å²) in [5, 5.41) is 1.09. The van der Waals surface area contributed by atoms with Crippen LogP contribution in [0.4, 0.5) is 0 Å². The predicted molar refractivity (Wildman–Crippen MR) is 111 cm³/mol. The van der Waals surface area contributed by atoms with Crippen LogP contribution in [-0.2, 0) is 6.54 Å². The molecule has 0 saturated carbocycles. The summed E-state index contributed by atoms with van der Waals surface area (Å²) < 4.78 is 22.4. The molecule has 4 rings (SSSR count). The van der Waals surface area contributed by atoms with Crippen LogP contribution in [0.15, 0.2) is 16.5 Å². The first-order valence-corrected chi connectivity index (χ1v) is 10.3. The summed E-state index contributed by atoms with van der Waals surface area (Å²) >= 11 is 1.73. The van der Waals surface area contributed by atoms with E-state index in [0.717, 1.165) is 27.7 Å². The molecule has 1 aromatic carbocycles. The van der Waals surface area contributed by atoms with Crippen molar-refractivity contribution in [3.63, 3.8) is 0 Å². The van der Waals surface area contributed by atoms with Crippen molar-refractivity contribution in [2.45, 2.75) is 40.3 Å². The first-order valence-electron chi connectivity index (χ1n) is 9.45. The van der Waals surface area contributed by atoms with Crippen molar-refractivity contribution in [2.24, 2.45) is 0 Å². The van der Waals surface area contributed by atoms with E-state index in [-0.39, 0.29) is 12.8 Å². The number of rotatable bonds is 6. The number of aromatic nitrogens is 2. The van der Waals surface area contributed by atoms with Crippen molar-refractivity contribution >= 4 is 11.3 Å². The Balaban J connectivity index is 1.58. The van der Waals surface area contributed by atoms with Crippen molar-refractivity contribution in [1.29, 1.82) is 0 Å². The van der Waals surface area contributed by atoms with Crippen molar-refractivity contribution in [3.05, 3.63) is 39.2 Å². The second kappa shape index (κ2) is 7.68. The van der Waals surface area contributed by atoms with E-state index in [0.29, 0.717) is 29.7 Å². The molecule has 8 heteroatoms. The Morgan fingerprint density at radius 2 is 2.00 bits per heavy atom. The zero-order valence-corrected chi connectivity index (χ0v) is 18.3. The number of hydrogen-bond donors (Lipinski definition) is 0. The van der Waals surface area contributed by atoms with Gasteiger partial charge in [0.1, 0.15) is 5.76 Å². The summed E-state index contributed by atoms with van der Waals surface area (Å²) in [6, 6.07) is 3.91. The van der Waals surface area contributed by atoms with E-state index in [1.165, 1.54) is 4.88 Å². The predicted octanol–water partition coefficient (Wildman–Crippen LogP) is 4.65. The zero-order valence-electron chi connectivity index (χ0n) is 17.5. The molecule has 0 bridgehead atoms. The largest absolute Gasteiger partial charge is 0.493 e. The smallest absolute Gasteiger partial charge is 0.231 e. The highest BCUT2D eigenvalue weighted by molar-refractivity contribution is 7.11. The average Bonchev–Trinajstić information content (AvgIpc) is 3.39. The third-order valence-electron chi connectivity index (χ3n) is 5.19. The van der Waals surface area contributed by atoms with Gasteiger partial charge in [-0.1, -0.05) is 0 Å². The van der Waals surface area contributed by atoms with E-state index in [2.05, 4.69) is 25.8 Å². The van der Waals surface area contributed by atoms with Crippen LogP contribution in [0.2, 0.25) is 0 Å². The highest BCUT2D eigenvalue weighted by Gasteiger charge is 2.24. The fraction of sp³-hybridized carbons (Fsp3) is 0.429. The summed E-state index contributed by atoms with van der Waals surface area (Å²) in [6.07, 6.45) is 0. The van der Waals surface area contributed by atoms with Gasteiger partial charge in [-0.3, -0.25) is 4.90 Å². The van der Waals surface area contributed by atoms with Crippen molar-refractivity contribution < 1.29 is 18.6 Å². The van der Waals surface area contributed by atoms with Crippen LogP contribution in [0, 0.1) is 20.8 Å². The molecule has 0 amide bonds. The molecule has 29 heavy (non-hydrogen) atoms. The molecule has 0 aliphatic carbocycles. The topological polar surface area (TPSA) is 69.9 Å². The Labute approximate surface area is 174 Å². The van der Waals surface area contributed by atoms with Crippen LogP contribution in [0.1, 0.15) is 40.0 Å². The molecule has 154 valence electrons. The first kappa shape index (κ1) is 19.7. The van der Waals surface area contributed by atoms with Gasteiger partial charge in [0, 0.05) is 17.0 Å². The second-order valence-electron chi connectivity index (χ2n) is 7.20. The van der Waals surface area contributed by atoms with Gasteiger partial charge in [0.2, 0.25) is 18.4 Å². The maximum Gasteiger partial charge on any atom is 0.231 e. The van der Waals surface area contributed by atoms with Crippen LogP contribution in [0.25, 0.3) is 11.5 Å². The lowest BCUT2D eigenvalue weighted by Crippen LogP contribution is -2.23. The number of hydrogen-bond acceptors (Lipinski definition) is 8. The molecule has 1 aliphatic heterocycles. The molecule has 3 aromatic rings. The van der Waals surface area contributed by atoms with Crippen molar-refractivity contribution in [2.75, 3.05) is 21.0 Å². The number of oxazole rings is 1. The summed E-state index contributed by atoms with van der Waals surface area (Å²) in [5.41, 5.74) is 2.81. The first-order chi connectivity index (χ1) is 13.9. The molecule has 1 atom stereocenters. The Hall–Kier alpha value is -2.58. The van der Waals surface area contributed by atoms with Crippen LogP contribution in [0.3, 0.4) is 0 Å². The Morgan fingerprint density at radius 3 is 2.69 bits per heavy atom. The summed E-state index contributed by atoms with van der Waals surface area (Å²) in [7, 11) is 3.68. The van der Waals surface area contributed by atoms with Gasteiger partial charge >= 0.3 is 0 Å². The fourth-order valence-corrected chi connectivity index (χ4v) is 4.37. The summed E-state index contributed by atoms with van der Waals surface area (Å²) in [4.78, 5) is 12.9. The van der Waals surface area contributed by atoms with E-state index in [4.69, 9.17) is 28.6 Å². The highest BCUT2D eigenvalue weighted by atomic mass is 32.1. The van der Waals surface area contributed by atoms with Gasteiger partial charge in [0.25, 0.3) is 0 Å². The molecular weight excluding hydrogens is 390 g/mol. The number of nitrogens with zero attached hydrogens (tertiary/aromatic N) is 3. The standard InChI is InChI=1S/C21H25N3O4S/c1-11(19-13(3)29-14(4)22-19)24(5)9-16-12(2)28-21(23-16)15-7-17(25-6)20-18(8-15)26-10-27-20/h7-8,11H,9-10H2,1-6H3. The monoisotopic (exact) mass is 415 g/mol. The van der Waals surface area contributed by atoms with E-state index in [9.17, 15) is 0 Å². The lowest BCUT2D eigenvalue weighted by Gasteiger charge is -2.23. The Kier molecular flexibility index (Phi) is 5.23. The molecule has 2 aromatic heterocycles. The molecule has 0 N–H and O–H groups in total.